The van der Waals surface area contributed by atoms with E-state index in [0.29, 0.717) is 12.2 Å². The molecule has 0 heterocycles. The monoisotopic (exact) mass is 352 g/mol. The summed E-state index contributed by atoms with van der Waals surface area (Å²) < 4.78 is 28.2. The lowest BCUT2D eigenvalue weighted by Gasteiger charge is -2.18. The Morgan fingerprint density at radius 2 is 1.87 bits per heavy atom. The van der Waals surface area contributed by atoms with Crippen LogP contribution in [0.5, 0.6) is 5.75 Å². The van der Waals surface area contributed by atoms with Gasteiger partial charge in [-0.25, -0.2) is 0 Å². The number of halogens is 3. The topological polar surface area (TPSA) is 78.9 Å². The number of nitrogens with one attached hydrogen (secondary N) is 1. The van der Waals surface area contributed by atoms with Crippen LogP contribution in [0.1, 0.15) is 13.3 Å². The minimum atomic E-state index is -2.90. The molecule has 0 fully saturated rings. The van der Waals surface area contributed by atoms with Crippen molar-refractivity contribution < 1.29 is 28.2 Å². The van der Waals surface area contributed by atoms with Crippen LogP contribution in [-0.4, -0.2) is 48.1 Å². The van der Waals surface area contributed by atoms with Gasteiger partial charge in [0.25, 0.3) is 0 Å². The summed E-state index contributed by atoms with van der Waals surface area (Å²) in [5.74, 6) is -1.39. The van der Waals surface area contributed by atoms with E-state index in [9.17, 15) is 18.4 Å². The summed E-state index contributed by atoms with van der Waals surface area (Å²) in [7, 11) is 0. The highest BCUT2D eigenvalue weighted by molar-refractivity contribution is 5.92. The van der Waals surface area contributed by atoms with E-state index in [2.05, 4.69) is 10.1 Å². The van der Waals surface area contributed by atoms with Crippen LogP contribution in [0.2, 0.25) is 0 Å². The fourth-order valence-electron chi connectivity index (χ4n) is 1.84. The van der Waals surface area contributed by atoms with E-state index >= 15 is 0 Å². The van der Waals surface area contributed by atoms with Crippen molar-refractivity contribution in [2.45, 2.75) is 20.0 Å². The molecule has 1 aromatic carbocycles. The largest absolute Gasteiger partial charge is 0.480 e. The number of rotatable bonds is 9. The number of carboxylic acids is 1. The summed E-state index contributed by atoms with van der Waals surface area (Å²) in [5, 5.41) is 11.3. The summed E-state index contributed by atoms with van der Waals surface area (Å²) >= 11 is 0. The normalized spacial score (nSPS) is 10.3. The summed E-state index contributed by atoms with van der Waals surface area (Å²) in [5.41, 5.74) is 0.415. The molecule has 9 heteroatoms. The Hall–Kier alpha value is -1.93. The summed E-state index contributed by atoms with van der Waals surface area (Å²) in [6, 6.07) is 5.47. The number of amides is 1. The number of aliphatic carboxylic acids is 1. The van der Waals surface area contributed by atoms with E-state index in [0.717, 1.165) is 6.42 Å². The number of carbonyl (C=O) groups excluding carboxylic acids is 1. The van der Waals surface area contributed by atoms with Gasteiger partial charge in [-0.2, -0.15) is 8.78 Å². The fourth-order valence-corrected chi connectivity index (χ4v) is 1.84. The predicted molar refractivity (Wildman–Crippen MR) is 83.3 cm³/mol. The maximum Gasteiger partial charge on any atom is 0.387 e. The average Bonchev–Trinajstić information content (AvgIpc) is 2.40. The molecule has 0 unspecified atom stereocenters. The van der Waals surface area contributed by atoms with Crippen molar-refractivity contribution in [3.05, 3.63) is 24.3 Å². The molecule has 0 saturated heterocycles. The van der Waals surface area contributed by atoms with Gasteiger partial charge in [0.15, 0.2) is 0 Å². The Morgan fingerprint density at radius 1 is 1.26 bits per heavy atom. The van der Waals surface area contributed by atoms with Gasteiger partial charge in [-0.15, -0.1) is 12.4 Å². The zero-order chi connectivity index (χ0) is 16.5. The minimum Gasteiger partial charge on any atom is -0.480 e. The molecule has 0 bridgehead atoms. The van der Waals surface area contributed by atoms with E-state index in [4.69, 9.17) is 5.11 Å². The predicted octanol–water partition coefficient (Wildman–Crippen LogP) is 2.44. The molecule has 0 spiro atoms. The van der Waals surface area contributed by atoms with E-state index in [1.54, 1.807) is 0 Å². The molecule has 23 heavy (non-hydrogen) atoms. The van der Waals surface area contributed by atoms with Crippen LogP contribution in [0.4, 0.5) is 14.5 Å². The second-order valence-corrected chi connectivity index (χ2v) is 4.56. The van der Waals surface area contributed by atoms with Crippen molar-refractivity contribution in [3.8, 4) is 5.75 Å². The molecule has 0 saturated carbocycles. The summed E-state index contributed by atoms with van der Waals surface area (Å²) in [6.45, 7) is -0.813. The molecule has 1 aromatic rings. The van der Waals surface area contributed by atoms with Gasteiger partial charge < -0.3 is 15.2 Å². The van der Waals surface area contributed by atoms with Gasteiger partial charge >= 0.3 is 12.6 Å². The lowest BCUT2D eigenvalue weighted by molar-refractivity contribution is -0.138. The van der Waals surface area contributed by atoms with Crippen LogP contribution in [0.15, 0.2) is 24.3 Å². The number of carboxylic acid groups (broad SMARTS) is 1. The second-order valence-electron chi connectivity index (χ2n) is 4.56. The van der Waals surface area contributed by atoms with Gasteiger partial charge in [-0.1, -0.05) is 6.92 Å². The molecule has 130 valence electrons. The van der Waals surface area contributed by atoms with Gasteiger partial charge in [-0.05, 0) is 37.2 Å². The Balaban J connectivity index is 0.00000484. The van der Waals surface area contributed by atoms with Crippen molar-refractivity contribution in [1.29, 1.82) is 0 Å². The lowest BCUT2D eigenvalue weighted by atomic mass is 10.3. The highest BCUT2D eigenvalue weighted by Gasteiger charge is 2.13. The third-order valence-electron chi connectivity index (χ3n) is 2.63. The molecule has 0 radical (unpaired) electrons. The maximum atomic E-state index is 12.0. The quantitative estimate of drug-likeness (QED) is 0.713. The van der Waals surface area contributed by atoms with E-state index in [1.807, 2.05) is 6.92 Å². The number of nitrogens with zero attached hydrogens (tertiary/aromatic N) is 1. The van der Waals surface area contributed by atoms with Crippen molar-refractivity contribution >= 4 is 30.0 Å². The van der Waals surface area contributed by atoms with Crippen molar-refractivity contribution in [2.75, 3.05) is 25.0 Å². The Labute approximate surface area is 138 Å². The van der Waals surface area contributed by atoms with Crippen LogP contribution in [-0.2, 0) is 9.59 Å². The molecule has 0 aliphatic heterocycles. The Morgan fingerprint density at radius 3 is 2.35 bits per heavy atom. The first kappa shape index (κ1) is 21.1. The third kappa shape index (κ3) is 8.94. The first-order valence-electron chi connectivity index (χ1n) is 6.69. The van der Waals surface area contributed by atoms with Crippen LogP contribution >= 0.6 is 12.4 Å². The number of benzene rings is 1. The minimum absolute atomic E-state index is 0. The molecule has 0 aromatic heterocycles. The van der Waals surface area contributed by atoms with Gasteiger partial charge in [0, 0.05) is 5.69 Å². The zero-order valence-corrected chi connectivity index (χ0v) is 13.3. The van der Waals surface area contributed by atoms with E-state index in [-0.39, 0.29) is 37.2 Å². The van der Waals surface area contributed by atoms with Crippen LogP contribution in [0.3, 0.4) is 0 Å². The molecule has 6 nitrogen and oxygen atoms in total. The average molecular weight is 353 g/mol. The number of anilines is 1. The summed E-state index contributed by atoms with van der Waals surface area (Å²) in [6.07, 6.45) is 0.722. The smallest absolute Gasteiger partial charge is 0.387 e. The van der Waals surface area contributed by atoms with Crippen LogP contribution < -0.4 is 10.1 Å². The van der Waals surface area contributed by atoms with Crippen molar-refractivity contribution in [1.82, 2.24) is 4.90 Å². The molecule has 0 atom stereocenters. The van der Waals surface area contributed by atoms with Gasteiger partial charge in [0.1, 0.15) is 5.75 Å². The molecule has 0 aliphatic carbocycles. The number of alkyl halides is 2. The van der Waals surface area contributed by atoms with E-state index in [1.165, 1.54) is 29.2 Å². The third-order valence-corrected chi connectivity index (χ3v) is 2.63. The first-order valence-corrected chi connectivity index (χ1v) is 6.69. The molecule has 1 rings (SSSR count). The zero-order valence-electron chi connectivity index (χ0n) is 12.5. The summed E-state index contributed by atoms with van der Waals surface area (Å²) in [4.78, 5) is 24.1. The van der Waals surface area contributed by atoms with E-state index < -0.39 is 12.6 Å². The van der Waals surface area contributed by atoms with Crippen molar-refractivity contribution in [3.63, 3.8) is 0 Å². The fraction of sp³-hybridized carbons (Fsp3) is 0.429. The van der Waals surface area contributed by atoms with Gasteiger partial charge in [-0.3, -0.25) is 14.5 Å². The Bertz CT molecular complexity index is 500. The van der Waals surface area contributed by atoms with Crippen LogP contribution in [0.25, 0.3) is 0 Å². The number of carbonyl (C=O) groups is 2. The van der Waals surface area contributed by atoms with Crippen molar-refractivity contribution in [2.24, 2.45) is 0 Å². The second kappa shape index (κ2) is 10.7. The molecular formula is C14H19ClF2N2O4. The Kier molecular flexibility index (Phi) is 9.84. The number of ether oxygens (including phenoxy) is 1. The SMILES string of the molecule is CCCN(CC(=O)O)CC(=O)Nc1ccc(OC(F)F)cc1.Cl. The first-order chi connectivity index (χ1) is 10.4. The molecule has 1 amide bonds. The highest BCUT2D eigenvalue weighted by atomic mass is 35.5. The molecule has 0 aliphatic rings. The maximum absolute atomic E-state index is 12.0. The number of hydrogen-bond acceptors (Lipinski definition) is 4. The number of hydrogen-bond donors (Lipinski definition) is 2. The van der Waals surface area contributed by atoms with Crippen LogP contribution in [0, 0.1) is 0 Å². The highest BCUT2D eigenvalue weighted by Crippen LogP contribution is 2.17. The van der Waals surface area contributed by atoms with Gasteiger partial charge in [0.2, 0.25) is 5.91 Å². The molecular weight excluding hydrogens is 334 g/mol. The standard InChI is InChI=1S/C14H18F2N2O4.ClH/c1-2-7-18(9-13(20)21)8-12(19)17-10-3-5-11(6-4-10)22-14(15)16;/h3-6,14H,2,7-9H2,1H3,(H,17,19)(H,20,21);1H. The van der Waals surface area contributed by atoms with Gasteiger partial charge in [0.05, 0.1) is 13.1 Å². The molecule has 2 N–H and O–H groups in total. The lowest BCUT2D eigenvalue weighted by Crippen LogP contribution is -2.37.